The number of rotatable bonds is 9. The van der Waals surface area contributed by atoms with E-state index in [0.717, 1.165) is 6.07 Å². The molecule has 0 aliphatic heterocycles. The molecule has 1 N–H and O–H groups in total. The van der Waals surface area contributed by atoms with E-state index in [1.807, 2.05) is 0 Å². The Hall–Kier alpha value is -3.68. The van der Waals surface area contributed by atoms with Gasteiger partial charge in [0.15, 0.2) is 5.69 Å². The molecule has 1 aromatic carbocycles. The molecule has 14 heteroatoms. The van der Waals surface area contributed by atoms with Crippen LogP contribution in [0.1, 0.15) is 64.5 Å². The number of nitrogens with zero attached hydrogens (tertiary/aromatic N) is 3. The van der Waals surface area contributed by atoms with Gasteiger partial charge >= 0.3 is 24.2 Å². The topological polar surface area (TPSA) is 138 Å². The number of carbonyl (C=O) groups is 4. The lowest BCUT2D eigenvalue weighted by molar-refractivity contribution is 0.0442. The highest BCUT2D eigenvalue weighted by Crippen LogP contribution is 2.32. The number of hydrogen-bond acceptors (Lipinski definition) is 9. The molecule has 0 saturated heterocycles. The third kappa shape index (κ3) is 8.16. The van der Waals surface area contributed by atoms with Gasteiger partial charge in [0, 0.05) is 5.56 Å². The fourth-order valence-corrected chi connectivity index (χ4v) is 4.10. The SMILES string of the molecule is CCOC(=O)c1c(Br)cnn1CC(C)(NC(=O)OC(C)(C)C)c1cc(N(C(=O)OCC)C(=O)OCC)ccc1F. The van der Waals surface area contributed by atoms with E-state index in [1.54, 1.807) is 41.5 Å². The molecule has 40 heavy (non-hydrogen) atoms. The second-order valence-corrected chi connectivity index (χ2v) is 10.4. The van der Waals surface area contributed by atoms with Crippen molar-refractivity contribution < 1.29 is 42.5 Å². The summed E-state index contributed by atoms with van der Waals surface area (Å²) in [7, 11) is 0. The molecule has 220 valence electrons. The van der Waals surface area contributed by atoms with Crippen LogP contribution in [0.25, 0.3) is 0 Å². The lowest BCUT2D eigenvalue weighted by atomic mass is 9.90. The predicted octanol–water partition coefficient (Wildman–Crippen LogP) is 5.52. The molecule has 12 nitrogen and oxygen atoms in total. The molecule has 2 rings (SSSR count). The molecule has 0 radical (unpaired) electrons. The number of esters is 1. The van der Waals surface area contributed by atoms with Crippen molar-refractivity contribution in [2.75, 3.05) is 24.7 Å². The number of amides is 3. The average molecular weight is 629 g/mol. The van der Waals surface area contributed by atoms with Crippen LogP contribution in [0.5, 0.6) is 0 Å². The van der Waals surface area contributed by atoms with Crippen LogP contribution >= 0.6 is 15.9 Å². The summed E-state index contributed by atoms with van der Waals surface area (Å²) in [5, 5.41) is 6.86. The van der Waals surface area contributed by atoms with E-state index < -0.39 is 41.2 Å². The van der Waals surface area contributed by atoms with Gasteiger partial charge in [0.2, 0.25) is 0 Å². The molecular formula is C26H34BrFN4O8. The van der Waals surface area contributed by atoms with Crippen molar-refractivity contribution in [3.05, 3.63) is 45.9 Å². The highest BCUT2D eigenvalue weighted by molar-refractivity contribution is 9.10. The standard InChI is InChI=1S/C26H34BrFN4O8/c1-8-37-21(33)20-18(27)14-29-31(20)15-26(7,30-22(34)40-25(4,5)6)17-13-16(11-12-19(17)28)32(23(35)38-9-2)24(36)39-10-3/h11-14H,8-10,15H2,1-7H3,(H,30,34). The lowest BCUT2D eigenvalue weighted by Gasteiger charge is -2.34. The Morgan fingerprint density at radius 1 is 1.00 bits per heavy atom. The van der Waals surface area contributed by atoms with E-state index in [4.69, 9.17) is 18.9 Å². The molecule has 0 saturated carbocycles. The first kappa shape index (κ1) is 32.5. The van der Waals surface area contributed by atoms with Crippen LogP contribution < -0.4 is 10.2 Å². The number of benzene rings is 1. The number of anilines is 1. The predicted molar refractivity (Wildman–Crippen MR) is 146 cm³/mol. The van der Waals surface area contributed by atoms with Crippen molar-refractivity contribution in [1.29, 1.82) is 0 Å². The van der Waals surface area contributed by atoms with Crippen LogP contribution in [-0.2, 0) is 31.0 Å². The zero-order chi connectivity index (χ0) is 30.3. The number of alkyl carbamates (subject to hydrolysis) is 1. The van der Waals surface area contributed by atoms with E-state index in [-0.39, 0.29) is 43.3 Å². The molecule has 1 aromatic heterocycles. The molecule has 1 atom stereocenters. The first-order valence-electron chi connectivity index (χ1n) is 12.5. The zero-order valence-corrected chi connectivity index (χ0v) is 25.1. The largest absolute Gasteiger partial charge is 0.461 e. The van der Waals surface area contributed by atoms with Gasteiger partial charge in [-0.05, 0) is 82.6 Å². The summed E-state index contributed by atoms with van der Waals surface area (Å²) in [6, 6.07) is 3.41. The Balaban J connectivity index is 2.71. The fraction of sp³-hybridized carbons (Fsp3) is 0.500. The molecule has 0 fully saturated rings. The van der Waals surface area contributed by atoms with Gasteiger partial charge in [-0.1, -0.05) is 0 Å². The first-order chi connectivity index (χ1) is 18.7. The molecule has 2 aromatic rings. The smallest absolute Gasteiger partial charge is 0.423 e. The Kier molecular flexibility index (Phi) is 11.1. The Morgan fingerprint density at radius 2 is 1.57 bits per heavy atom. The zero-order valence-electron chi connectivity index (χ0n) is 23.5. The molecule has 0 aliphatic carbocycles. The number of hydrogen-bond donors (Lipinski definition) is 1. The number of imide groups is 1. The number of ether oxygens (including phenoxy) is 4. The number of nitrogens with one attached hydrogen (secondary N) is 1. The average Bonchev–Trinajstić information content (AvgIpc) is 3.18. The van der Waals surface area contributed by atoms with Crippen molar-refractivity contribution in [1.82, 2.24) is 15.1 Å². The molecule has 3 amide bonds. The van der Waals surface area contributed by atoms with Gasteiger partial charge in [-0.2, -0.15) is 10.00 Å². The molecular weight excluding hydrogens is 595 g/mol. The van der Waals surface area contributed by atoms with Crippen LogP contribution in [0.4, 0.5) is 24.5 Å². The minimum Gasteiger partial charge on any atom is -0.461 e. The normalized spacial score (nSPS) is 12.6. The summed E-state index contributed by atoms with van der Waals surface area (Å²) in [4.78, 5) is 51.5. The fourth-order valence-electron chi connectivity index (χ4n) is 3.64. The van der Waals surface area contributed by atoms with Crippen LogP contribution in [0, 0.1) is 5.82 Å². The second kappa shape index (κ2) is 13.6. The van der Waals surface area contributed by atoms with Gasteiger partial charge < -0.3 is 24.3 Å². The van der Waals surface area contributed by atoms with Crippen molar-refractivity contribution in [3.8, 4) is 0 Å². The molecule has 0 bridgehead atoms. The maximum atomic E-state index is 15.5. The van der Waals surface area contributed by atoms with Gasteiger partial charge in [0.25, 0.3) is 0 Å². The van der Waals surface area contributed by atoms with Gasteiger partial charge in [0.05, 0.1) is 48.3 Å². The van der Waals surface area contributed by atoms with E-state index in [0.29, 0.717) is 9.37 Å². The summed E-state index contributed by atoms with van der Waals surface area (Å²) < 4.78 is 37.6. The lowest BCUT2D eigenvalue weighted by Crippen LogP contribution is -2.49. The maximum absolute atomic E-state index is 15.5. The third-order valence-electron chi connectivity index (χ3n) is 5.21. The van der Waals surface area contributed by atoms with Gasteiger partial charge in [0.1, 0.15) is 11.4 Å². The van der Waals surface area contributed by atoms with Crippen LogP contribution in [-0.4, -0.2) is 59.5 Å². The van der Waals surface area contributed by atoms with Crippen LogP contribution in [0.15, 0.2) is 28.9 Å². The van der Waals surface area contributed by atoms with Crippen molar-refractivity contribution >= 4 is 45.9 Å². The highest BCUT2D eigenvalue weighted by atomic mass is 79.9. The summed E-state index contributed by atoms with van der Waals surface area (Å²) in [5.74, 6) is -1.49. The summed E-state index contributed by atoms with van der Waals surface area (Å²) in [5.41, 5.74) is -2.76. The van der Waals surface area contributed by atoms with E-state index in [2.05, 4.69) is 26.3 Å². The van der Waals surface area contributed by atoms with E-state index in [1.165, 1.54) is 29.9 Å². The van der Waals surface area contributed by atoms with Gasteiger partial charge in [-0.3, -0.25) is 4.68 Å². The minimum absolute atomic E-state index is 0.0234. The van der Waals surface area contributed by atoms with Crippen molar-refractivity contribution in [3.63, 3.8) is 0 Å². The maximum Gasteiger partial charge on any atom is 0.423 e. The number of carbonyl (C=O) groups excluding carboxylic acids is 4. The highest BCUT2D eigenvalue weighted by Gasteiger charge is 2.37. The van der Waals surface area contributed by atoms with Crippen LogP contribution in [0.3, 0.4) is 0 Å². The van der Waals surface area contributed by atoms with E-state index >= 15 is 4.39 Å². The minimum atomic E-state index is -1.65. The summed E-state index contributed by atoms with van der Waals surface area (Å²) >= 11 is 3.27. The number of halogens is 2. The van der Waals surface area contributed by atoms with Gasteiger partial charge in [-0.25, -0.2) is 23.6 Å². The monoisotopic (exact) mass is 628 g/mol. The molecule has 0 spiro atoms. The van der Waals surface area contributed by atoms with Crippen molar-refractivity contribution in [2.45, 2.75) is 66.2 Å². The quantitative estimate of drug-likeness (QED) is 0.281. The summed E-state index contributed by atoms with van der Waals surface area (Å²) in [6.45, 7) is 10.9. The Bertz CT molecular complexity index is 1230. The van der Waals surface area contributed by atoms with E-state index in [9.17, 15) is 19.2 Å². The molecule has 0 aliphatic rings. The number of aromatic nitrogens is 2. The molecule has 1 unspecified atom stereocenters. The van der Waals surface area contributed by atoms with Crippen LogP contribution in [0.2, 0.25) is 0 Å². The second-order valence-electron chi connectivity index (χ2n) is 9.58. The Morgan fingerprint density at radius 3 is 2.10 bits per heavy atom. The summed E-state index contributed by atoms with van der Waals surface area (Å²) in [6.07, 6.45) is -1.62. The first-order valence-corrected chi connectivity index (χ1v) is 13.3. The van der Waals surface area contributed by atoms with Crippen molar-refractivity contribution in [2.24, 2.45) is 0 Å². The Labute approximate surface area is 240 Å². The third-order valence-corrected chi connectivity index (χ3v) is 5.79. The molecule has 1 heterocycles. The van der Waals surface area contributed by atoms with Gasteiger partial charge in [-0.15, -0.1) is 0 Å².